The summed E-state index contributed by atoms with van der Waals surface area (Å²) >= 11 is 5.93. The number of halogens is 3. The normalized spacial score (nSPS) is 10.4. The molecule has 0 aliphatic heterocycles. The third kappa shape index (κ3) is 2.54. The van der Waals surface area contributed by atoms with E-state index in [1.165, 1.54) is 25.3 Å². The lowest BCUT2D eigenvalue weighted by Crippen LogP contribution is -2.11. The van der Waals surface area contributed by atoms with E-state index in [1.54, 1.807) is 20.0 Å². The Labute approximate surface area is 120 Å². The van der Waals surface area contributed by atoms with Gasteiger partial charge in [0.1, 0.15) is 7.85 Å². The Balaban J connectivity index is 2.54. The predicted octanol–water partition coefficient (Wildman–Crippen LogP) is 2.12. The molecule has 2 aromatic carbocycles. The Morgan fingerprint density at radius 3 is 2.50 bits per heavy atom. The lowest BCUT2D eigenvalue weighted by atomic mass is 9.92. The van der Waals surface area contributed by atoms with Crippen LogP contribution in [0.5, 0.6) is 5.75 Å². The van der Waals surface area contributed by atoms with Gasteiger partial charge in [-0.1, -0.05) is 29.2 Å². The second kappa shape index (κ2) is 5.63. The van der Waals surface area contributed by atoms with E-state index in [4.69, 9.17) is 11.6 Å². The van der Waals surface area contributed by atoms with E-state index in [2.05, 4.69) is 4.74 Å². The van der Waals surface area contributed by atoms with Gasteiger partial charge in [-0.3, -0.25) is 4.79 Å². The number of benzene rings is 2. The van der Waals surface area contributed by atoms with E-state index in [9.17, 15) is 13.6 Å². The summed E-state index contributed by atoms with van der Waals surface area (Å²) < 4.78 is 32.2. The summed E-state index contributed by atoms with van der Waals surface area (Å²) in [5.74, 6) is -3.36. The van der Waals surface area contributed by atoms with Gasteiger partial charge >= 0.3 is 0 Å². The maximum atomic E-state index is 13.9. The zero-order chi connectivity index (χ0) is 14.9. The molecule has 2 nitrogen and oxygen atoms in total. The standard InChI is InChI=1S/C14H10BClF2O2/c1-20-11-5-3-8(12(17)13(11)18)14(19)9-6-7(15)2-4-10(9)16/h2-6H,15H2,1H3. The monoisotopic (exact) mass is 294 g/mol. The molecule has 0 radical (unpaired) electrons. The molecule has 0 spiro atoms. The molecule has 0 bridgehead atoms. The second-order valence-electron chi connectivity index (χ2n) is 4.26. The average molecular weight is 294 g/mol. The van der Waals surface area contributed by atoms with Crippen LogP contribution >= 0.6 is 11.6 Å². The first-order chi connectivity index (χ1) is 9.45. The van der Waals surface area contributed by atoms with Crippen LogP contribution in [0.4, 0.5) is 8.78 Å². The quantitative estimate of drug-likeness (QED) is 0.640. The van der Waals surface area contributed by atoms with Crippen molar-refractivity contribution in [2.45, 2.75) is 0 Å². The molecule has 0 saturated carbocycles. The maximum absolute atomic E-state index is 13.9. The molecule has 0 heterocycles. The van der Waals surface area contributed by atoms with Crippen molar-refractivity contribution in [3.63, 3.8) is 0 Å². The highest BCUT2D eigenvalue weighted by molar-refractivity contribution is 6.37. The van der Waals surface area contributed by atoms with Crippen molar-refractivity contribution in [1.29, 1.82) is 0 Å². The van der Waals surface area contributed by atoms with E-state index in [0.717, 1.165) is 5.46 Å². The third-order valence-electron chi connectivity index (χ3n) is 2.88. The third-order valence-corrected chi connectivity index (χ3v) is 3.21. The van der Waals surface area contributed by atoms with Crippen LogP contribution in [0.2, 0.25) is 5.02 Å². The van der Waals surface area contributed by atoms with Crippen LogP contribution in [-0.4, -0.2) is 20.7 Å². The number of hydrogen-bond donors (Lipinski definition) is 0. The van der Waals surface area contributed by atoms with Crippen molar-refractivity contribution < 1.29 is 18.3 Å². The highest BCUT2D eigenvalue weighted by atomic mass is 35.5. The molecule has 2 aromatic rings. The average Bonchev–Trinajstić information content (AvgIpc) is 2.44. The minimum atomic E-state index is -1.24. The zero-order valence-corrected chi connectivity index (χ0v) is 11.6. The fraction of sp³-hybridized carbons (Fsp3) is 0.0714. The van der Waals surface area contributed by atoms with Gasteiger partial charge in [0.05, 0.1) is 17.7 Å². The molecular formula is C14H10BClF2O2. The first-order valence-corrected chi connectivity index (χ1v) is 6.16. The molecule has 0 fully saturated rings. The Kier molecular flexibility index (Phi) is 4.09. The van der Waals surface area contributed by atoms with E-state index < -0.39 is 17.4 Å². The van der Waals surface area contributed by atoms with Crippen LogP contribution in [0.25, 0.3) is 0 Å². The number of methoxy groups -OCH3 is 1. The van der Waals surface area contributed by atoms with Crippen LogP contribution in [0.1, 0.15) is 15.9 Å². The van der Waals surface area contributed by atoms with Gasteiger partial charge in [0.15, 0.2) is 17.3 Å². The van der Waals surface area contributed by atoms with E-state index in [0.29, 0.717) is 0 Å². The first kappa shape index (κ1) is 14.5. The number of carbonyl (C=O) groups is 1. The minimum Gasteiger partial charge on any atom is -0.494 e. The number of ether oxygens (including phenoxy) is 1. The molecule has 0 unspecified atom stereocenters. The van der Waals surface area contributed by atoms with Crippen molar-refractivity contribution in [1.82, 2.24) is 0 Å². The summed E-state index contributed by atoms with van der Waals surface area (Å²) in [6.07, 6.45) is 0. The van der Waals surface area contributed by atoms with Gasteiger partial charge in [-0.25, -0.2) is 4.39 Å². The van der Waals surface area contributed by atoms with E-state index in [1.807, 2.05) is 0 Å². The maximum Gasteiger partial charge on any atom is 0.201 e. The van der Waals surface area contributed by atoms with Gasteiger partial charge in [0, 0.05) is 5.56 Å². The van der Waals surface area contributed by atoms with Gasteiger partial charge in [-0.05, 0) is 18.2 Å². The van der Waals surface area contributed by atoms with Crippen molar-refractivity contribution in [2.24, 2.45) is 0 Å². The summed E-state index contributed by atoms with van der Waals surface area (Å²) in [4.78, 5) is 12.3. The minimum absolute atomic E-state index is 0.134. The zero-order valence-electron chi connectivity index (χ0n) is 10.8. The molecule has 102 valence electrons. The molecule has 0 saturated heterocycles. The molecule has 0 atom stereocenters. The van der Waals surface area contributed by atoms with Crippen molar-refractivity contribution in [2.75, 3.05) is 7.11 Å². The molecule has 20 heavy (non-hydrogen) atoms. The molecule has 2 rings (SSSR count). The van der Waals surface area contributed by atoms with Gasteiger partial charge in [-0.2, -0.15) is 4.39 Å². The summed E-state index contributed by atoms with van der Waals surface area (Å²) in [5, 5.41) is 0.191. The fourth-order valence-electron chi connectivity index (χ4n) is 1.82. The Bertz CT molecular complexity index is 689. The highest BCUT2D eigenvalue weighted by Gasteiger charge is 2.21. The molecule has 6 heteroatoms. The van der Waals surface area contributed by atoms with Crippen molar-refractivity contribution >= 4 is 30.7 Å². The van der Waals surface area contributed by atoms with Gasteiger partial charge in [-0.15, -0.1) is 0 Å². The van der Waals surface area contributed by atoms with Crippen LogP contribution in [-0.2, 0) is 0 Å². The summed E-state index contributed by atoms with van der Waals surface area (Å²) in [5.41, 5.74) is 0.554. The highest BCUT2D eigenvalue weighted by Crippen LogP contribution is 2.25. The van der Waals surface area contributed by atoms with Crippen molar-refractivity contribution in [3.05, 3.63) is 58.1 Å². The van der Waals surface area contributed by atoms with Crippen LogP contribution in [0.3, 0.4) is 0 Å². The lowest BCUT2D eigenvalue weighted by Gasteiger charge is -2.08. The molecule has 0 aromatic heterocycles. The van der Waals surface area contributed by atoms with Crippen molar-refractivity contribution in [3.8, 4) is 5.75 Å². The Morgan fingerprint density at radius 2 is 1.85 bits per heavy atom. The summed E-state index contributed by atoms with van der Waals surface area (Å²) in [7, 11) is 2.99. The van der Waals surface area contributed by atoms with E-state index in [-0.39, 0.29) is 21.9 Å². The number of hydrogen-bond acceptors (Lipinski definition) is 2. The molecule has 0 amide bonds. The Hall–Kier alpha value is -1.88. The number of carbonyl (C=O) groups excluding carboxylic acids is 1. The second-order valence-corrected chi connectivity index (χ2v) is 4.66. The SMILES string of the molecule is Bc1ccc(Cl)c(C(=O)c2ccc(OC)c(F)c2F)c1. The first-order valence-electron chi connectivity index (χ1n) is 5.78. The molecule has 0 aliphatic rings. The van der Waals surface area contributed by atoms with E-state index >= 15 is 0 Å². The lowest BCUT2D eigenvalue weighted by molar-refractivity contribution is 0.103. The summed E-state index contributed by atoms with van der Waals surface area (Å²) in [6.45, 7) is 0. The fourth-order valence-corrected chi connectivity index (χ4v) is 2.03. The topological polar surface area (TPSA) is 26.3 Å². The van der Waals surface area contributed by atoms with Gasteiger partial charge in [0.25, 0.3) is 0 Å². The smallest absolute Gasteiger partial charge is 0.201 e. The van der Waals surface area contributed by atoms with Crippen LogP contribution in [0.15, 0.2) is 30.3 Å². The molecule has 0 aliphatic carbocycles. The molecule has 0 N–H and O–H groups in total. The van der Waals surface area contributed by atoms with Crippen LogP contribution in [0, 0.1) is 11.6 Å². The predicted molar refractivity (Wildman–Crippen MR) is 76.0 cm³/mol. The Morgan fingerprint density at radius 1 is 1.15 bits per heavy atom. The number of ketones is 1. The largest absolute Gasteiger partial charge is 0.494 e. The van der Waals surface area contributed by atoms with Gasteiger partial charge < -0.3 is 4.74 Å². The summed E-state index contributed by atoms with van der Waals surface area (Å²) in [6, 6.07) is 7.19. The number of rotatable bonds is 3. The molecular weight excluding hydrogens is 284 g/mol. The van der Waals surface area contributed by atoms with Gasteiger partial charge in [0.2, 0.25) is 5.82 Å². The van der Waals surface area contributed by atoms with Crippen LogP contribution < -0.4 is 10.2 Å².